The number of esters is 1. The van der Waals surface area contributed by atoms with Gasteiger partial charge in [-0.15, -0.1) is 11.8 Å². The van der Waals surface area contributed by atoms with E-state index in [4.69, 9.17) is 4.74 Å². The molecule has 6 heteroatoms. The van der Waals surface area contributed by atoms with Gasteiger partial charge in [0.05, 0.1) is 7.11 Å². The quantitative estimate of drug-likeness (QED) is 0.484. The van der Waals surface area contributed by atoms with Gasteiger partial charge in [0.15, 0.2) is 6.04 Å². The van der Waals surface area contributed by atoms with Crippen molar-refractivity contribution in [2.24, 2.45) is 4.99 Å². The van der Waals surface area contributed by atoms with Gasteiger partial charge in [0.25, 0.3) is 5.91 Å². The van der Waals surface area contributed by atoms with Gasteiger partial charge < -0.3 is 9.64 Å². The summed E-state index contributed by atoms with van der Waals surface area (Å²) in [7, 11) is 1.35. The van der Waals surface area contributed by atoms with E-state index in [0.717, 1.165) is 5.56 Å². The molecule has 0 bridgehead atoms. The van der Waals surface area contributed by atoms with Crippen LogP contribution in [0.2, 0.25) is 0 Å². The lowest BCUT2D eigenvalue weighted by Gasteiger charge is -2.41. The summed E-state index contributed by atoms with van der Waals surface area (Å²) in [5, 5.41) is -0.0911. The van der Waals surface area contributed by atoms with Crippen molar-refractivity contribution in [1.82, 2.24) is 4.90 Å². The number of carbonyl (C=O) groups excluding carboxylic acids is 2. The second-order valence-corrected chi connectivity index (χ2v) is 7.69. The van der Waals surface area contributed by atoms with E-state index in [1.165, 1.54) is 7.11 Å². The van der Waals surface area contributed by atoms with Crippen LogP contribution in [0.1, 0.15) is 19.4 Å². The predicted molar refractivity (Wildman–Crippen MR) is 85.9 cm³/mol. The van der Waals surface area contributed by atoms with Crippen LogP contribution in [-0.4, -0.2) is 52.3 Å². The third-order valence-electron chi connectivity index (χ3n) is 4.02. The SMILES string of the molecule is COC(=O)[C@@H]1N2C(=O)[C@@H](N=Cc3ccccc3)[C@H]2SC1(C)C. The Bertz CT molecular complexity index is 630. The molecule has 116 valence electrons. The number of fused-ring (bicyclic) bond motifs is 1. The fraction of sp³-hybridized carbons (Fsp3) is 0.438. The molecule has 0 aromatic heterocycles. The lowest BCUT2D eigenvalue weighted by Crippen LogP contribution is -2.65. The highest BCUT2D eigenvalue weighted by Gasteiger charge is 2.64. The average Bonchev–Trinajstić information content (AvgIpc) is 2.76. The number of rotatable bonds is 3. The minimum Gasteiger partial charge on any atom is -0.467 e. The first-order valence-corrected chi connectivity index (χ1v) is 8.00. The van der Waals surface area contributed by atoms with E-state index in [1.54, 1.807) is 22.9 Å². The summed E-state index contributed by atoms with van der Waals surface area (Å²) in [6.07, 6.45) is 1.72. The maximum atomic E-state index is 12.4. The molecule has 0 unspecified atom stereocenters. The fourth-order valence-electron chi connectivity index (χ4n) is 2.93. The monoisotopic (exact) mass is 318 g/mol. The van der Waals surface area contributed by atoms with Gasteiger partial charge in [0.2, 0.25) is 0 Å². The molecule has 0 saturated carbocycles. The van der Waals surface area contributed by atoms with Crippen LogP contribution < -0.4 is 0 Å². The van der Waals surface area contributed by atoms with E-state index in [-0.39, 0.29) is 22.0 Å². The Balaban J connectivity index is 1.79. The number of benzene rings is 1. The van der Waals surface area contributed by atoms with Crippen LogP contribution in [-0.2, 0) is 14.3 Å². The molecule has 22 heavy (non-hydrogen) atoms. The minimum absolute atomic E-state index is 0.0911. The molecule has 1 aromatic rings. The topological polar surface area (TPSA) is 59.0 Å². The van der Waals surface area contributed by atoms with Gasteiger partial charge in [0, 0.05) is 11.0 Å². The number of hydrogen-bond acceptors (Lipinski definition) is 5. The Morgan fingerprint density at radius 1 is 1.36 bits per heavy atom. The van der Waals surface area contributed by atoms with Crippen molar-refractivity contribution in [3.05, 3.63) is 35.9 Å². The van der Waals surface area contributed by atoms with E-state index < -0.39 is 12.1 Å². The van der Waals surface area contributed by atoms with Gasteiger partial charge in [0.1, 0.15) is 11.4 Å². The molecular formula is C16H18N2O3S. The van der Waals surface area contributed by atoms with E-state index in [0.29, 0.717) is 0 Å². The van der Waals surface area contributed by atoms with Gasteiger partial charge >= 0.3 is 5.97 Å². The van der Waals surface area contributed by atoms with Crippen molar-refractivity contribution in [2.75, 3.05) is 7.11 Å². The summed E-state index contributed by atoms with van der Waals surface area (Å²) in [6, 6.07) is 8.71. The largest absolute Gasteiger partial charge is 0.467 e. The smallest absolute Gasteiger partial charge is 0.330 e. The lowest BCUT2D eigenvalue weighted by molar-refractivity contribution is -0.160. The molecule has 2 saturated heterocycles. The normalized spacial score (nSPS) is 29.3. The fourth-order valence-corrected chi connectivity index (χ4v) is 4.54. The number of thioether (sulfide) groups is 1. The van der Waals surface area contributed by atoms with Crippen molar-refractivity contribution in [2.45, 2.75) is 36.1 Å². The second-order valence-electron chi connectivity index (χ2n) is 5.92. The summed E-state index contributed by atoms with van der Waals surface area (Å²) in [4.78, 5) is 30.4. The lowest BCUT2D eigenvalue weighted by atomic mass is 9.96. The third-order valence-corrected chi connectivity index (χ3v) is 5.58. The van der Waals surface area contributed by atoms with Crippen LogP contribution in [0, 0.1) is 0 Å². The van der Waals surface area contributed by atoms with Crippen LogP contribution in [0.25, 0.3) is 0 Å². The van der Waals surface area contributed by atoms with Gasteiger partial charge in [-0.2, -0.15) is 0 Å². The minimum atomic E-state index is -0.539. The Kier molecular flexibility index (Phi) is 3.72. The van der Waals surface area contributed by atoms with Gasteiger partial charge in [-0.25, -0.2) is 4.79 Å². The zero-order valence-corrected chi connectivity index (χ0v) is 13.5. The summed E-state index contributed by atoms with van der Waals surface area (Å²) < 4.78 is 4.48. The average molecular weight is 318 g/mol. The van der Waals surface area contributed by atoms with Crippen LogP contribution >= 0.6 is 11.8 Å². The predicted octanol–water partition coefficient (Wildman–Crippen LogP) is 1.71. The summed E-state index contributed by atoms with van der Waals surface area (Å²) in [6.45, 7) is 3.92. The number of amides is 1. The second kappa shape index (κ2) is 5.43. The van der Waals surface area contributed by atoms with E-state index >= 15 is 0 Å². The van der Waals surface area contributed by atoms with Gasteiger partial charge in [-0.3, -0.25) is 9.79 Å². The number of methoxy groups -OCH3 is 1. The molecule has 0 radical (unpaired) electrons. The Labute approximate surface area is 133 Å². The highest BCUT2D eigenvalue weighted by molar-refractivity contribution is 8.01. The Hall–Kier alpha value is -1.82. The van der Waals surface area contributed by atoms with Crippen LogP contribution in [0.4, 0.5) is 0 Å². The van der Waals surface area contributed by atoms with Crippen LogP contribution in [0.3, 0.4) is 0 Å². The summed E-state index contributed by atoms with van der Waals surface area (Å²) in [5.41, 5.74) is 0.959. The zero-order valence-electron chi connectivity index (χ0n) is 12.7. The first-order chi connectivity index (χ1) is 10.5. The maximum Gasteiger partial charge on any atom is 0.330 e. The van der Waals surface area contributed by atoms with E-state index in [9.17, 15) is 9.59 Å². The molecule has 2 aliphatic heterocycles. The molecule has 2 aliphatic rings. The summed E-state index contributed by atoms with van der Waals surface area (Å²) >= 11 is 1.61. The number of hydrogen-bond donors (Lipinski definition) is 0. The first kappa shape index (κ1) is 15.1. The molecule has 1 aromatic carbocycles. The standard InChI is InChI=1S/C16H18N2O3S/c1-16(2)12(15(20)21-3)18-13(19)11(14(18)22-16)17-9-10-7-5-4-6-8-10/h4-9,11-12,14H,1-3H3/t11-,12+,14-/m1/s1. The van der Waals surface area contributed by atoms with Crippen molar-refractivity contribution < 1.29 is 14.3 Å². The number of aliphatic imine (C=N–C) groups is 1. The molecule has 3 rings (SSSR count). The van der Waals surface area contributed by atoms with Crippen LogP contribution in [0.15, 0.2) is 35.3 Å². The molecular weight excluding hydrogens is 300 g/mol. The highest BCUT2D eigenvalue weighted by atomic mass is 32.2. The van der Waals surface area contributed by atoms with E-state index in [2.05, 4.69) is 4.99 Å². The molecule has 2 heterocycles. The zero-order chi connectivity index (χ0) is 15.9. The highest BCUT2D eigenvalue weighted by Crippen LogP contribution is 2.51. The molecule has 0 aliphatic carbocycles. The molecule has 0 spiro atoms. The van der Waals surface area contributed by atoms with Gasteiger partial charge in [-0.05, 0) is 19.4 Å². The molecule has 3 atom stereocenters. The number of ether oxygens (including phenoxy) is 1. The van der Waals surface area contributed by atoms with Crippen molar-refractivity contribution in [3.63, 3.8) is 0 Å². The maximum absolute atomic E-state index is 12.4. The molecule has 5 nitrogen and oxygen atoms in total. The summed E-state index contributed by atoms with van der Waals surface area (Å²) in [5.74, 6) is -0.468. The Morgan fingerprint density at radius 3 is 2.68 bits per heavy atom. The first-order valence-electron chi connectivity index (χ1n) is 7.12. The van der Waals surface area contributed by atoms with Crippen LogP contribution in [0.5, 0.6) is 0 Å². The number of carbonyl (C=O) groups is 2. The number of β-lactam (4-membered cyclic amide) rings is 1. The number of nitrogens with zero attached hydrogens (tertiary/aromatic N) is 2. The van der Waals surface area contributed by atoms with Crippen molar-refractivity contribution >= 4 is 29.9 Å². The van der Waals surface area contributed by atoms with Gasteiger partial charge in [-0.1, -0.05) is 30.3 Å². The molecule has 1 amide bonds. The van der Waals surface area contributed by atoms with Crippen molar-refractivity contribution in [1.29, 1.82) is 0 Å². The Morgan fingerprint density at radius 2 is 2.05 bits per heavy atom. The molecule has 2 fully saturated rings. The molecule has 0 N–H and O–H groups in total. The van der Waals surface area contributed by atoms with Crippen molar-refractivity contribution in [3.8, 4) is 0 Å². The van der Waals surface area contributed by atoms with E-state index in [1.807, 2.05) is 44.2 Å². The third kappa shape index (κ3) is 2.31.